The van der Waals surface area contributed by atoms with Gasteiger partial charge in [0.15, 0.2) is 0 Å². The van der Waals surface area contributed by atoms with E-state index in [1.807, 2.05) is 24.6 Å². The summed E-state index contributed by atoms with van der Waals surface area (Å²) in [5.41, 5.74) is 2.55. The maximum atomic E-state index is 13.0. The van der Waals surface area contributed by atoms with E-state index < -0.39 is 0 Å². The Bertz CT molecular complexity index is 551. The first-order chi connectivity index (χ1) is 8.58. The molecule has 0 aliphatic carbocycles. The molecule has 0 saturated carbocycles. The predicted molar refractivity (Wildman–Crippen MR) is 71.6 cm³/mol. The van der Waals surface area contributed by atoms with Gasteiger partial charge in [-0.2, -0.15) is 5.10 Å². The van der Waals surface area contributed by atoms with Crippen LogP contribution in [0.5, 0.6) is 0 Å². The van der Waals surface area contributed by atoms with Gasteiger partial charge in [0.05, 0.1) is 23.0 Å². The normalized spacial score (nSPS) is 10.7. The van der Waals surface area contributed by atoms with Crippen molar-refractivity contribution in [3.05, 3.63) is 46.5 Å². The van der Waals surface area contributed by atoms with Crippen LogP contribution in [0, 0.1) is 19.7 Å². The van der Waals surface area contributed by atoms with Gasteiger partial charge in [0, 0.05) is 12.2 Å². The average Bonchev–Trinajstić information content (AvgIpc) is 2.57. The fourth-order valence-corrected chi connectivity index (χ4v) is 1.93. The van der Waals surface area contributed by atoms with Crippen LogP contribution in [0.2, 0.25) is 5.02 Å². The van der Waals surface area contributed by atoms with Crippen LogP contribution in [0.25, 0.3) is 0 Å². The monoisotopic (exact) mass is 267 g/mol. The standard InChI is InChI=1S/C13H15ClFN3/c1-9-13(14)10(2)18(17-9)7-6-16-12-5-3-4-11(15)8-12/h3-5,8,16H,6-7H2,1-2H3. The third-order valence-electron chi connectivity index (χ3n) is 2.77. The summed E-state index contributed by atoms with van der Waals surface area (Å²) in [6.07, 6.45) is 0. The lowest BCUT2D eigenvalue weighted by Crippen LogP contribution is -2.12. The molecular weight excluding hydrogens is 253 g/mol. The SMILES string of the molecule is Cc1nn(CCNc2cccc(F)c2)c(C)c1Cl. The number of rotatable bonds is 4. The molecule has 1 N–H and O–H groups in total. The Hall–Kier alpha value is -1.55. The van der Waals surface area contributed by atoms with Gasteiger partial charge in [-0.1, -0.05) is 17.7 Å². The Balaban J connectivity index is 1.94. The molecule has 0 atom stereocenters. The number of hydrogen-bond donors (Lipinski definition) is 1. The Morgan fingerprint density at radius 3 is 2.78 bits per heavy atom. The van der Waals surface area contributed by atoms with E-state index in [0.29, 0.717) is 18.1 Å². The highest BCUT2D eigenvalue weighted by molar-refractivity contribution is 6.31. The zero-order valence-corrected chi connectivity index (χ0v) is 11.1. The van der Waals surface area contributed by atoms with Gasteiger partial charge in [0.2, 0.25) is 0 Å². The highest BCUT2D eigenvalue weighted by atomic mass is 35.5. The molecule has 0 amide bonds. The summed E-state index contributed by atoms with van der Waals surface area (Å²) in [5, 5.41) is 8.18. The lowest BCUT2D eigenvalue weighted by molar-refractivity contribution is 0.613. The molecule has 1 aromatic heterocycles. The molecule has 2 rings (SSSR count). The number of nitrogens with one attached hydrogen (secondary N) is 1. The van der Waals surface area contributed by atoms with E-state index in [-0.39, 0.29) is 5.82 Å². The number of hydrogen-bond acceptors (Lipinski definition) is 2. The lowest BCUT2D eigenvalue weighted by atomic mass is 10.3. The zero-order chi connectivity index (χ0) is 13.1. The summed E-state index contributed by atoms with van der Waals surface area (Å²) in [6.45, 7) is 5.17. The highest BCUT2D eigenvalue weighted by Crippen LogP contribution is 2.18. The van der Waals surface area contributed by atoms with E-state index in [9.17, 15) is 4.39 Å². The van der Waals surface area contributed by atoms with Gasteiger partial charge in [-0.3, -0.25) is 4.68 Å². The van der Waals surface area contributed by atoms with Gasteiger partial charge < -0.3 is 5.32 Å². The molecule has 0 aliphatic rings. The van der Waals surface area contributed by atoms with Gasteiger partial charge in [0.1, 0.15) is 5.82 Å². The number of nitrogens with zero attached hydrogens (tertiary/aromatic N) is 2. The first kappa shape index (κ1) is 12.9. The van der Waals surface area contributed by atoms with E-state index in [4.69, 9.17) is 11.6 Å². The van der Waals surface area contributed by atoms with Gasteiger partial charge in [-0.15, -0.1) is 0 Å². The summed E-state index contributed by atoms with van der Waals surface area (Å²) in [6, 6.07) is 6.40. The number of aromatic nitrogens is 2. The number of aryl methyl sites for hydroxylation is 1. The second kappa shape index (κ2) is 5.40. The third-order valence-corrected chi connectivity index (χ3v) is 3.32. The minimum Gasteiger partial charge on any atom is -0.383 e. The highest BCUT2D eigenvalue weighted by Gasteiger charge is 2.08. The van der Waals surface area contributed by atoms with Crippen molar-refractivity contribution in [2.75, 3.05) is 11.9 Å². The fraction of sp³-hybridized carbons (Fsp3) is 0.308. The third kappa shape index (κ3) is 2.82. The maximum Gasteiger partial charge on any atom is 0.125 e. The van der Waals surface area contributed by atoms with Crippen LogP contribution < -0.4 is 5.32 Å². The molecule has 0 fully saturated rings. The summed E-state index contributed by atoms with van der Waals surface area (Å²) in [7, 11) is 0. The van der Waals surface area contributed by atoms with Crippen LogP contribution in [0.15, 0.2) is 24.3 Å². The first-order valence-electron chi connectivity index (χ1n) is 5.77. The number of halogens is 2. The van der Waals surface area contributed by atoms with Crippen LogP contribution in [0.4, 0.5) is 10.1 Å². The molecule has 3 nitrogen and oxygen atoms in total. The van der Waals surface area contributed by atoms with Gasteiger partial charge >= 0.3 is 0 Å². The maximum absolute atomic E-state index is 13.0. The molecule has 1 heterocycles. The predicted octanol–water partition coefficient (Wildman–Crippen LogP) is 3.40. The summed E-state index contributed by atoms with van der Waals surface area (Å²) < 4.78 is 14.8. The second-order valence-electron chi connectivity index (χ2n) is 4.15. The quantitative estimate of drug-likeness (QED) is 0.920. The van der Waals surface area contributed by atoms with Crippen LogP contribution in [-0.2, 0) is 6.54 Å². The van der Waals surface area contributed by atoms with Crippen molar-refractivity contribution < 1.29 is 4.39 Å². The van der Waals surface area contributed by atoms with Crippen molar-refractivity contribution in [3.8, 4) is 0 Å². The number of anilines is 1. The molecule has 2 aromatic rings. The van der Waals surface area contributed by atoms with E-state index in [1.54, 1.807) is 6.07 Å². The Morgan fingerprint density at radius 2 is 2.17 bits per heavy atom. The number of benzene rings is 1. The average molecular weight is 268 g/mol. The van der Waals surface area contributed by atoms with Gasteiger partial charge in [0.25, 0.3) is 0 Å². The zero-order valence-electron chi connectivity index (χ0n) is 10.4. The summed E-state index contributed by atoms with van der Waals surface area (Å²) in [5.74, 6) is -0.242. The van der Waals surface area contributed by atoms with Crippen molar-refractivity contribution in [1.82, 2.24) is 9.78 Å². The minimum absolute atomic E-state index is 0.242. The van der Waals surface area contributed by atoms with E-state index >= 15 is 0 Å². The van der Waals surface area contributed by atoms with E-state index in [2.05, 4.69) is 10.4 Å². The largest absolute Gasteiger partial charge is 0.383 e. The Morgan fingerprint density at radius 1 is 1.39 bits per heavy atom. The molecule has 0 spiro atoms. The molecule has 18 heavy (non-hydrogen) atoms. The molecule has 1 aromatic carbocycles. The van der Waals surface area contributed by atoms with Crippen molar-refractivity contribution in [3.63, 3.8) is 0 Å². The Kier molecular flexibility index (Phi) is 3.87. The van der Waals surface area contributed by atoms with Crippen LogP contribution in [0.1, 0.15) is 11.4 Å². The van der Waals surface area contributed by atoms with Crippen LogP contribution in [-0.4, -0.2) is 16.3 Å². The first-order valence-corrected chi connectivity index (χ1v) is 6.14. The van der Waals surface area contributed by atoms with Crippen molar-refractivity contribution in [1.29, 1.82) is 0 Å². The molecule has 5 heteroatoms. The van der Waals surface area contributed by atoms with Crippen LogP contribution in [0.3, 0.4) is 0 Å². The van der Waals surface area contributed by atoms with E-state index in [0.717, 1.165) is 17.1 Å². The molecule has 0 unspecified atom stereocenters. The molecule has 0 radical (unpaired) electrons. The molecular formula is C13H15ClFN3. The second-order valence-corrected chi connectivity index (χ2v) is 4.52. The van der Waals surface area contributed by atoms with Crippen molar-refractivity contribution in [2.24, 2.45) is 0 Å². The molecule has 0 aliphatic heterocycles. The van der Waals surface area contributed by atoms with Crippen molar-refractivity contribution >= 4 is 17.3 Å². The smallest absolute Gasteiger partial charge is 0.125 e. The molecule has 0 bridgehead atoms. The molecule has 0 saturated heterocycles. The topological polar surface area (TPSA) is 29.9 Å². The Labute approximate surface area is 111 Å². The van der Waals surface area contributed by atoms with Crippen LogP contribution >= 0.6 is 11.6 Å². The van der Waals surface area contributed by atoms with Gasteiger partial charge in [-0.05, 0) is 32.0 Å². The van der Waals surface area contributed by atoms with Gasteiger partial charge in [-0.25, -0.2) is 4.39 Å². The van der Waals surface area contributed by atoms with E-state index in [1.165, 1.54) is 12.1 Å². The lowest BCUT2D eigenvalue weighted by Gasteiger charge is -2.07. The minimum atomic E-state index is -0.242. The molecule has 96 valence electrons. The summed E-state index contributed by atoms with van der Waals surface area (Å²) >= 11 is 6.06. The van der Waals surface area contributed by atoms with Crippen molar-refractivity contribution in [2.45, 2.75) is 20.4 Å². The fourth-order valence-electron chi connectivity index (χ4n) is 1.80. The summed E-state index contributed by atoms with van der Waals surface area (Å²) in [4.78, 5) is 0.